The Morgan fingerprint density at radius 2 is 1.83 bits per heavy atom. The standard InChI is InChI=1S/C20H19BrN2O/c1-13-19(20(24-23-13)15-6-9-17(21)10-7-15)22-18-11-8-14-4-2-3-5-16(14)12-18/h2-7,9-10,18,22H,8,11-12H2,1H3. The minimum atomic E-state index is 0.409. The van der Waals surface area contributed by atoms with E-state index in [-0.39, 0.29) is 0 Å². The second kappa shape index (κ2) is 6.44. The third-order valence-electron chi connectivity index (χ3n) is 4.66. The normalized spacial score (nSPS) is 16.7. The molecular weight excluding hydrogens is 364 g/mol. The van der Waals surface area contributed by atoms with Crippen molar-refractivity contribution in [3.63, 3.8) is 0 Å². The van der Waals surface area contributed by atoms with Crippen molar-refractivity contribution in [3.05, 3.63) is 69.8 Å². The lowest BCUT2D eigenvalue weighted by Gasteiger charge is -2.26. The van der Waals surface area contributed by atoms with Gasteiger partial charge in [-0.3, -0.25) is 0 Å². The van der Waals surface area contributed by atoms with Crippen LogP contribution in [0.25, 0.3) is 11.3 Å². The second-order valence-corrected chi connectivity index (χ2v) is 7.25. The fourth-order valence-electron chi connectivity index (χ4n) is 3.36. The van der Waals surface area contributed by atoms with Crippen molar-refractivity contribution in [1.82, 2.24) is 5.16 Å². The number of aryl methyl sites for hydroxylation is 2. The molecule has 3 aromatic rings. The number of hydrogen-bond donors (Lipinski definition) is 1. The molecule has 1 aliphatic carbocycles. The van der Waals surface area contributed by atoms with Crippen molar-refractivity contribution in [1.29, 1.82) is 0 Å². The molecule has 4 heteroatoms. The highest BCUT2D eigenvalue weighted by Gasteiger charge is 2.22. The number of fused-ring (bicyclic) bond motifs is 1. The molecule has 0 radical (unpaired) electrons. The molecule has 0 fully saturated rings. The van der Waals surface area contributed by atoms with E-state index in [9.17, 15) is 0 Å². The van der Waals surface area contributed by atoms with Gasteiger partial charge in [-0.05, 0) is 61.6 Å². The monoisotopic (exact) mass is 382 g/mol. The van der Waals surface area contributed by atoms with Crippen LogP contribution < -0.4 is 5.32 Å². The van der Waals surface area contributed by atoms with Gasteiger partial charge in [0.05, 0.1) is 0 Å². The van der Waals surface area contributed by atoms with Gasteiger partial charge >= 0.3 is 0 Å². The van der Waals surface area contributed by atoms with Crippen LogP contribution in [0.1, 0.15) is 23.2 Å². The Hall–Kier alpha value is -2.07. The van der Waals surface area contributed by atoms with Crippen LogP contribution in [0.2, 0.25) is 0 Å². The van der Waals surface area contributed by atoms with E-state index < -0.39 is 0 Å². The number of anilines is 1. The van der Waals surface area contributed by atoms with Crippen LogP contribution in [0.4, 0.5) is 5.69 Å². The van der Waals surface area contributed by atoms with Gasteiger partial charge in [-0.1, -0.05) is 45.4 Å². The summed E-state index contributed by atoms with van der Waals surface area (Å²) < 4.78 is 6.66. The second-order valence-electron chi connectivity index (χ2n) is 6.33. The lowest BCUT2D eigenvalue weighted by Crippen LogP contribution is -2.27. The van der Waals surface area contributed by atoms with Gasteiger partial charge in [0, 0.05) is 16.1 Å². The van der Waals surface area contributed by atoms with Crippen molar-refractivity contribution in [2.24, 2.45) is 0 Å². The highest BCUT2D eigenvalue weighted by molar-refractivity contribution is 9.10. The molecule has 1 aromatic heterocycles. The average Bonchev–Trinajstić information content (AvgIpc) is 2.96. The maximum absolute atomic E-state index is 5.60. The van der Waals surface area contributed by atoms with E-state index in [1.165, 1.54) is 11.1 Å². The Morgan fingerprint density at radius 3 is 2.62 bits per heavy atom. The Morgan fingerprint density at radius 1 is 1.08 bits per heavy atom. The van der Waals surface area contributed by atoms with E-state index >= 15 is 0 Å². The minimum Gasteiger partial charge on any atom is -0.377 e. The van der Waals surface area contributed by atoms with Crippen LogP contribution in [0.5, 0.6) is 0 Å². The van der Waals surface area contributed by atoms with Crippen molar-refractivity contribution in [2.75, 3.05) is 5.32 Å². The fourth-order valence-corrected chi connectivity index (χ4v) is 3.63. The Labute approximate surface area is 150 Å². The zero-order valence-electron chi connectivity index (χ0n) is 13.6. The molecule has 1 heterocycles. The molecule has 0 bridgehead atoms. The fraction of sp³-hybridized carbons (Fsp3) is 0.250. The lowest BCUT2D eigenvalue weighted by molar-refractivity contribution is 0.427. The Kier molecular flexibility index (Phi) is 4.15. The minimum absolute atomic E-state index is 0.409. The predicted molar refractivity (Wildman–Crippen MR) is 100 cm³/mol. The van der Waals surface area contributed by atoms with Gasteiger partial charge < -0.3 is 9.84 Å². The largest absolute Gasteiger partial charge is 0.377 e. The van der Waals surface area contributed by atoms with E-state index in [1.54, 1.807) is 0 Å². The molecule has 3 nitrogen and oxygen atoms in total. The topological polar surface area (TPSA) is 38.1 Å². The van der Waals surface area contributed by atoms with Crippen LogP contribution in [-0.4, -0.2) is 11.2 Å². The van der Waals surface area contributed by atoms with E-state index in [0.717, 1.165) is 46.4 Å². The number of benzene rings is 2. The number of nitrogens with one attached hydrogen (secondary N) is 1. The highest BCUT2D eigenvalue weighted by Crippen LogP contribution is 2.33. The highest BCUT2D eigenvalue weighted by atomic mass is 79.9. The van der Waals surface area contributed by atoms with Gasteiger partial charge in [-0.2, -0.15) is 0 Å². The zero-order chi connectivity index (χ0) is 16.5. The quantitative estimate of drug-likeness (QED) is 0.660. The van der Waals surface area contributed by atoms with Gasteiger partial charge in [-0.15, -0.1) is 0 Å². The first-order valence-corrected chi connectivity index (χ1v) is 9.05. The summed E-state index contributed by atoms with van der Waals surface area (Å²) in [6.45, 7) is 1.99. The Bertz CT molecular complexity index is 854. The number of nitrogens with zero attached hydrogens (tertiary/aromatic N) is 1. The molecule has 0 amide bonds. The summed E-state index contributed by atoms with van der Waals surface area (Å²) in [5.41, 5.74) is 5.89. The van der Waals surface area contributed by atoms with E-state index in [1.807, 2.05) is 31.2 Å². The molecule has 1 unspecified atom stereocenters. The predicted octanol–water partition coefficient (Wildman–Crippen LogP) is 5.38. The lowest BCUT2D eigenvalue weighted by atomic mass is 9.88. The molecule has 0 aliphatic heterocycles. The van der Waals surface area contributed by atoms with Crippen molar-refractivity contribution < 1.29 is 4.52 Å². The van der Waals surface area contributed by atoms with Gasteiger partial charge in [0.25, 0.3) is 0 Å². The first-order chi connectivity index (χ1) is 11.7. The maximum Gasteiger partial charge on any atom is 0.190 e. The van der Waals surface area contributed by atoms with Crippen LogP contribution in [0.15, 0.2) is 57.5 Å². The van der Waals surface area contributed by atoms with Crippen LogP contribution in [-0.2, 0) is 12.8 Å². The number of aromatic nitrogens is 1. The van der Waals surface area contributed by atoms with Crippen LogP contribution in [0.3, 0.4) is 0 Å². The van der Waals surface area contributed by atoms with Gasteiger partial charge in [0.2, 0.25) is 0 Å². The zero-order valence-corrected chi connectivity index (χ0v) is 15.1. The van der Waals surface area contributed by atoms with Gasteiger partial charge in [0.1, 0.15) is 11.4 Å². The molecule has 2 aromatic carbocycles. The summed E-state index contributed by atoms with van der Waals surface area (Å²) in [4.78, 5) is 0. The summed E-state index contributed by atoms with van der Waals surface area (Å²) in [5, 5.41) is 7.86. The molecule has 0 saturated carbocycles. The van der Waals surface area contributed by atoms with E-state index in [2.05, 4.69) is 50.7 Å². The summed E-state index contributed by atoms with van der Waals surface area (Å²) in [5.74, 6) is 0.818. The number of halogens is 1. The van der Waals surface area contributed by atoms with Crippen molar-refractivity contribution in [2.45, 2.75) is 32.2 Å². The van der Waals surface area contributed by atoms with Crippen molar-refractivity contribution >= 4 is 21.6 Å². The molecule has 1 N–H and O–H groups in total. The molecule has 122 valence electrons. The summed E-state index contributed by atoms with van der Waals surface area (Å²) in [6.07, 6.45) is 3.29. The van der Waals surface area contributed by atoms with Crippen LogP contribution >= 0.6 is 15.9 Å². The average molecular weight is 383 g/mol. The first-order valence-electron chi connectivity index (χ1n) is 8.26. The van der Waals surface area contributed by atoms with Crippen LogP contribution in [0, 0.1) is 6.92 Å². The molecule has 0 spiro atoms. The molecule has 1 aliphatic rings. The number of rotatable bonds is 3. The summed E-state index contributed by atoms with van der Waals surface area (Å²) in [6, 6.07) is 17.3. The smallest absolute Gasteiger partial charge is 0.190 e. The van der Waals surface area contributed by atoms with Crippen molar-refractivity contribution in [3.8, 4) is 11.3 Å². The third-order valence-corrected chi connectivity index (χ3v) is 5.19. The van der Waals surface area contributed by atoms with Gasteiger partial charge in [-0.25, -0.2) is 0 Å². The third kappa shape index (κ3) is 2.98. The van der Waals surface area contributed by atoms with E-state index in [4.69, 9.17) is 4.52 Å². The van der Waals surface area contributed by atoms with E-state index in [0.29, 0.717) is 6.04 Å². The first kappa shape index (κ1) is 15.5. The molecule has 0 saturated heterocycles. The molecule has 1 atom stereocenters. The Balaban J connectivity index is 1.59. The summed E-state index contributed by atoms with van der Waals surface area (Å²) in [7, 11) is 0. The molecule has 4 rings (SSSR count). The molecule has 24 heavy (non-hydrogen) atoms. The molecular formula is C20H19BrN2O. The van der Waals surface area contributed by atoms with Gasteiger partial charge in [0.15, 0.2) is 5.76 Å². The summed E-state index contributed by atoms with van der Waals surface area (Å²) >= 11 is 3.47. The SMILES string of the molecule is Cc1noc(-c2ccc(Br)cc2)c1NC1CCc2ccccc2C1. The number of hydrogen-bond acceptors (Lipinski definition) is 3. The maximum atomic E-state index is 5.60.